The summed E-state index contributed by atoms with van der Waals surface area (Å²) in [6.45, 7) is 10.6. The van der Waals surface area contributed by atoms with Crippen LogP contribution in [0.5, 0.6) is 0 Å². The summed E-state index contributed by atoms with van der Waals surface area (Å²) in [4.78, 5) is 24.1. The molecule has 0 fully saturated rings. The normalized spacial score (nSPS) is 12.5. The lowest BCUT2D eigenvalue weighted by molar-refractivity contribution is -0.120. The molecule has 7 nitrogen and oxygen atoms in total. The van der Waals surface area contributed by atoms with Gasteiger partial charge in [0.05, 0.1) is 12.5 Å². The summed E-state index contributed by atoms with van der Waals surface area (Å²) in [6, 6.07) is 10.5. The van der Waals surface area contributed by atoms with E-state index in [1.165, 1.54) is 17.3 Å². The smallest absolute Gasteiger partial charge is 0.253 e. The second-order valence-electron chi connectivity index (χ2n) is 7.20. The molecule has 0 bridgehead atoms. The second kappa shape index (κ2) is 10.0. The highest BCUT2D eigenvalue weighted by Gasteiger charge is 2.20. The molecule has 1 atom stereocenters. The SMILES string of the molecule is CCN(CC)C(CNC(=O)Cc1c(C)nc2nc(SC)nn2c1C)c1ccccc1. The van der Waals surface area contributed by atoms with Gasteiger partial charge in [-0.15, -0.1) is 5.10 Å². The Morgan fingerprint density at radius 2 is 1.87 bits per heavy atom. The molecule has 2 aromatic heterocycles. The number of nitrogens with one attached hydrogen (secondary N) is 1. The Kier molecular flexibility index (Phi) is 7.44. The molecule has 0 aliphatic rings. The van der Waals surface area contributed by atoms with Crippen LogP contribution in [-0.4, -0.2) is 56.3 Å². The Morgan fingerprint density at radius 3 is 2.50 bits per heavy atom. The number of hydrogen-bond donors (Lipinski definition) is 1. The van der Waals surface area contributed by atoms with Gasteiger partial charge < -0.3 is 5.32 Å². The zero-order valence-corrected chi connectivity index (χ0v) is 19.2. The van der Waals surface area contributed by atoms with Crippen LogP contribution in [0.4, 0.5) is 0 Å². The summed E-state index contributed by atoms with van der Waals surface area (Å²) in [5.41, 5.74) is 3.84. The number of nitrogens with zero attached hydrogens (tertiary/aromatic N) is 5. The van der Waals surface area contributed by atoms with E-state index >= 15 is 0 Å². The second-order valence-corrected chi connectivity index (χ2v) is 7.97. The van der Waals surface area contributed by atoms with Gasteiger partial charge in [-0.05, 0) is 38.8 Å². The number of amides is 1. The van der Waals surface area contributed by atoms with E-state index in [0.717, 1.165) is 30.0 Å². The van der Waals surface area contributed by atoms with Gasteiger partial charge in [-0.25, -0.2) is 9.50 Å². The van der Waals surface area contributed by atoms with E-state index in [2.05, 4.69) is 51.3 Å². The highest BCUT2D eigenvalue weighted by atomic mass is 32.2. The molecule has 0 saturated carbocycles. The quantitative estimate of drug-likeness (QED) is 0.530. The highest BCUT2D eigenvalue weighted by Crippen LogP contribution is 2.20. The van der Waals surface area contributed by atoms with Gasteiger partial charge in [-0.1, -0.05) is 55.9 Å². The maximum absolute atomic E-state index is 12.8. The third-order valence-electron chi connectivity index (χ3n) is 5.48. The van der Waals surface area contributed by atoms with E-state index in [-0.39, 0.29) is 18.4 Å². The Balaban J connectivity index is 1.76. The van der Waals surface area contributed by atoms with Crippen molar-refractivity contribution in [3.8, 4) is 0 Å². The number of fused-ring (bicyclic) bond motifs is 1. The van der Waals surface area contributed by atoms with Gasteiger partial charge in [0.25, 0.3) is 5.78 Å². The molecule has 1 unspecified atom stereocenters. The van der Waals surface area contributed by atoms with Crippen molar-refractivity contribution in [1.82, 2.24) is 29.8 Å². The summed E-state index contributed by atoms with van der Waals surface area (Å²) in [7, 11) is 0. The maximum atomic E-state index is 12.8. The molecule has 0 aliphatic heterocycles. The maximum Gasteiger partial charge on any atom is 0.253 e. The first-order valence-corrected chi connectivity index (χ1v) is 11.5. The number of likely N-dealkylation sites (N-methyl/N-ethyl adjacent to an activating group) is 1. The van der Waals surface area contributed by atoms with Crippen LogP contribution in [-0.2, 0) is 11.2 Å². The highest BCUT2D eigenvalue weighted by molar-refractivity contribution is 7.98. The zero-order chi connectivity index (χ0) is 21.7. The molecule has 1 amide bonds. The van der Waals surface area contributed by atoms with E-state index in [0.29, 0.717) is 17.5 Å². The van der Waals surface area contributed by atoms with Crippen molar-refractivity contribution in [2.45, 2.75) is 45.3 Å². The van der Waals surface area contributed by atoms with Crippen molar-refractivity contribution >= 4 is 23.4 Å². The predicted octanol–water partition coefficient (Wildman–Crippen LogP) is 3.20. The number of rotatable bonds is 9. The number of carbonyl (C=O) groups excluding carboxylic acids is 1. The lowest BCUT2D eigenvalue weighted by atomic mass is 10.0. The Hall–Kier alpha value is -2.45. The Labute approximate surface area is 182 Å². The molecule has 1 N–H and O–H groups in total. The number of aryl methyl sites for hydroxylation is 2. The number of benzene rings is 1. The van der Waals surface area contributed by atoms with Gasteiger partial charge in [0, 0.05) is 23.5 Å². The number of thioether (sulfide) groups is 1. The first kappa shape index (κ1) is 22.2. The molecule has 0 saturated heterocycles. The minimum atomic E-state index is -0.0133. The lowest BCUT2D eigenvalue weighted by Gasteiger charge is -2.30. The van der Waals surface area contributed by atoms with Gasteiger partial charge in [0.2, 0.25) is 11.1 Å². The summed E-state index contributed by atoms with van der Waals surface area (Å²) in [6.07, 6.45) is 2.21. The van der Waals surface area contributed by atoms with Crippen LogP contribution in [0.25, 0.3) is 5.78 Å². The van der Waals surface area contributed by atoms with Crippen LogP contribution >= 0.6 is 11.8 Å². The van der Waals surface area contributed by atoms with E-state index in [1.807, 2.05) is 38.3 Å². The average Bonchev–Trinajstić information content (AvgIpc) is 3.18. The number of aromatic nitrogens is 4. The van der Waals surface area contributed by atoms with Crippen LogP contribution in [0.1, 0.15) is 42.4 Å². The van der Waals surface area contributed by atoms with E-state index < -0.39 is 0 Å². The first-order valence-electron chi connectivity index (χ1n) is 10.3. The molecule has 0 spiro atoms. The molecule has 0 radical (unpaired) electrons. The number of hydrogen-bond acceptors (Lipinski definition) is 6. The van der Waals surface area contributed by atoms with Gasteiger partial charge >= 0.3 is 0 Å². The first-order chi connectivity index (χ1) is 14.5. The number of carbonyl (C=O) groups is 1. The van der Waals surface area contributed by atoms with Crippen LogP contribution < -0.4 is 5.32 Å². The molecule has 3 aromatic rings. The molecule has 160 valence electrons. The van der Waals surface area contributed by atoms with E-state index in [9.17, 15) is 4.79 Å². The van der Waals surface area contributed by atoms with Crippen molar-refractivity contribution in [3.63, 3.8) is 0 Å². The third-order valence-corrected chi connectivity index (χ3v) is 6.02. The van der Waals surface area contributed by atoms with Gasteiger partial charge in [-0.2, -0.15) is 4.98 Å². The van der Waals surface area contributed by atoms with Crippen LogP contribution in [0.15, 0.2) is 35.5 Å². The predicted molar refractivity (Wildman–Crippen MR) is 121 cm³/mol. The fourth-order valence-electron chi connectivity index (χ4n) is 3.76. The van der Waals surface area contributed by atoms with Gasteiger partial charge in [0.1, 0.15) is 0 Å². The summed E-state index contributed by atoms with van der Waals surface area (Å²) in [5, 5.41) is 8.28. The van der Waals surface area contributed by atoms with E-state index in [4.69, 9.17) is 0 Å². The molecule has 30 heavy (non-hydrogen) atoms. The lowest BCUT2D eigenvalue weighted by Crippen LogP contribution is -2.38. The standard InChI is InChI=1S/C22H30N6OS/c1-6-27(7-2)19(17-11-9-8-10-12-17)14-23-20(29)13-18-15(3)24-21-25-22(30-5)26-28(21)16(18)4/h8-12,19H,6-7,13-14H2,1-5H3,(H,23,29). The van der Waals surface area contributed by atoms with Crippen molar-refractivity contribution in [3.05, 3.63) is 52.8 Å². The molecule has 8 heteroatoms. The van der Waals surface area contributed by atoms with Crippen LogP contribution in [0.3, 0.4) is 0 Å². The van der Waals surface area contributed by atoms with Crippen LogP contribution in [0, 0.1) is 13.8 Å². The minimum Gasteiger partial charge on any atom is -0.354 e. The molecule has 0 aliphatic carbocycles. The average molecular weight is 427 g/mol. The van der Waals surface area contributed by atoms with Crippen molar-refractivity contribution in [2.24, 2.45) is 0 Å². The molecule has 1 aromatic carbocycles. The van der Waals surface area contributed by atoms with Crippen molar-refractivity contribution < 1.29 is 4.79 Å². The molecular formula is C22H30N6OS. The zero-order valence-electron chi connectivity index (χ0n) is 18.3. The Morgan fingerprint density at radius 1 is 1.17 bits per heavy atom. The monoisotopic (exact) mass is 426 g/mol. The summed E-state index contributed by atoms with van der Waals surface area (Å²) >= 11 is 1.48. The van der Waals surface area contributed by atoms with Crippen LogP contribution in [0.2, 0.25) is 0 Å². The molecule has 2 heterocycles. The summed E-state index contributed by atoms with van der Waals surface area (Å²) < 4.78 is 1.73. The van der Waals surface area contributed by atoms with E-state index in [1.54, 1.807) is 4.52 Å². The van der Waals surface area contributed by atoms with Crippen molar-refractivity contribution in [1.29, 1.82) is 0 Å². The largest absolute Gasteiger partial charge is 0.354 e. The fraction of sp³-hybridized carbons (Fsp3) is 0.455. The minimum absolute atomic E-state index is 0.0133. The summed E-state index contributed by atoms with van der Waals surface area (Å²) in [5.74, 6) is 0.560. The third kappa shape index (κ3) is 4.82. The van der Waals surface area contributed by atoms with Crippen molar-refractivity contribution in [2.75, 3.05) is 25.9 Å². The topological polar surface area (TPSA) is 75.4 Å². The fourth-order valence-corrected chi connectivity index (χ4v) is 4.10. The molecular weight excluding hydrogens is 396 g/mol. The Bertz CT molecular complexity index is 1000. The molecule has 3 rings (SSSR count). The van der Waals surface area contributed by atoms with Gasteiger partial charge in [-0.3, -0.25) is 9.69 Å². The van der Waals surface area contributed by atoms with Gasteiger partial charge in [0.15, 0.2) is 0 Å².